The van der Waals surface area contributed by atoms with Crippen LogP contribution in [0.4, 0.5) is 0 Å². The molecule has 4 rings (SSSR count). The van der Waals surface area contributed by atoms with Crippen LogP contribution in [0.5, 0.6) is 0 Å². The third kappa shape index (κ3) is 4.35. The Morgan fingerprint density at radius 2 is 1.83 bits per heavy atom. The SMILES string of the molecule is CC=CCn1nc(CCC)nc1Cc1ccc(-c2ccccc2-c2nn[nH]n2)cc1. The lowest BCUT2D eigenvalue weighted by Gasteiger charge is -2.08. The Morgan fingerprint density at radius 3 is 2.53 bits per heavy atom. The van der Waals surface area contributed by atoms with Gasteiger partial charge in [-0.2, -0.15) is 10.3 Å². The molecule has 0 amide bonds. The van der Waals surface area contributed by atoms with Gasteiger partial charge < -0.3 is 0 Å². The zero-order chi connectivity index (χ0) is 20.8. The van der Waals surface area contributed by atoms with E-state index in [1.165, 1.54) is 5.56 Å². The molecule has 0 bridgehead atoms. The molecule has 30 heavy (non-hydrogen) atoms. The number of aryl methyl sites for hydroxylation is 1. The van der Waals surface area contributed by atoms with E-state index in [0.29, 0.717) is 5.82 Å². The molecular weight excluding hydrogens is 374 g/mol. The highest BCUT2D eigenvalue weighted by atomic mass is 15.5. The molecule has 0 spiro atoms. The van der Waals surface area contributed by atoms with Crippen LogP contribution < -0.4 is 0 Å². The van der Waals surface area contributed by atoms with E-state index in [-0.39, 0.29) is 0 Å². The third-order valence-electron chi connectivity index (χ3n) is 4.92. The number of allylic oxidation sites excluding steroid dienone is 2. The minimum absolute atomic E-state index is 0.593. The lowest BCUT2D eigenvalue weighted by atomic mass is 9.98. The monoisotopic (exact) mass is 399 g/mol. The number of tetrazole rings is 1. The molecule has 152 valence electrons. The van der Waals surface area contributed by atoms with Crippen molar-refractivity contribution < 1.29 is 0 Å². The minimum atomic E-state index is 0.593. The molecular formula is C23H25N7. The quantitative estimate of drug-likeness (QED) is 0.448. The standard InChI is InChI=1S/C23H25N7/c1-3-5-15-30-22(24-21(27-30)8-4-2)16-17-11-13-18(14-12-17)19-9-6-7-10-20(19)23-25-28-29-26-23/h3,5-7,9-14H,4,8,15-16H2,1-2H3,(H,25,26,28,29). The molecule has 0 radical (unpaired) electrons. The number of nitrogens with one attached hydrogen (secondary N) is 1. The fourth-order valence-electron chi connectivity index (χ4n) is 3.43. The molecule has 0 atom stereocenters. The second-order valence-electron chi connectivity index (χ2n) is 7.10. The van der Waals surface area contributed by atoms with Crippen molar-refractivity contribution >= 4 is 0 Å². The largest absolute Gasteiger partial charge is 0.246 e. The zero-order valence-electron chi connectivity index (χ0n) is 17.3. The van der Waals surface area contributed by atoms with Crippen molar-refractivity contribution in [2.24, 2.45) is 0 Å². The van der Waals surface area contributed by atoms with Crippen molar-refractivity contribution in [1.29, 1.82) is 0 Å². The van der Waals surface area contributed by atoms with E-state index in [9.17, 15) is 0 Å². The van der Waals surface area contributed by atoms with Gasteiger partial charge in [0.15, 0.2) is 5.82 Å². The van der Waals surface area contributed by atoms with E-state index in [2.05, 4.69) is 69.1 Å². The molecule has 0 aliphatic rings. The van der Waals surface area contributed by atoms with Crippen molar-refractivity contribution in [3.63, 3.8) is 0 Å². The topological polar surface area (TPSA) is 85.2 Å². The normalized spacial score (nSPS) is 11.4. The number of H-pyrrole nitrogens is 1. The van der Waals surface area contributed by atoms with Gasteiger partial charge in [-0.1, -0.05) is 67.6 Å². The Balaban J connectivity index is 1.59. The lowest BCUT2D eigenvalue weighted by molar-refractivity contribution is 0.650. The summed E-state index contributed by atoms with van der Waals surface area (Å²) in [5.41, 5.74) is 4.34. The van der Waals surface area contributed by atoms with Gasteiger partial charge in [0.25, 0.3) is 0 Å². The summed E-state index contributed by atoms with van der Waals surface area (Å²) < 4.78 is 2.00. The number of aromatic amines is 1. The highest BCUT2D eigenvalue weighted by Gasteiger charge is 2.12. The zero-order valence-corrected chi connectivity index (χ0v) is 17.3. The van der Waals surface area contributed by atoms with Crippen LogP contribution in [0, 0.1) is 0 Å². The Bertz CT molecular complexity index is 1110. The van der Waals surface area contributed by atoms with Crippen LogP contribution in [0.15, 0.2) is 60.7 Å². The Morgan fingerprint density at radius 1 is 1.03 bits per heavy atom. The van der Waals surface area contributed by atoms with Crippen LogP contribution in [0.25, 0.3) is 22.5 Å². The minimum Gasteiger partial charge on any atom is -0.246 e. The van der Waals surface area contributed by atoms with E-state index in [1.54, 1.807) is 0 Å². The predicted molar refractivity (Wildman–Crippen MR) is 117 cm³/mol. The number of aromatic nitrogens is 7. The number of hydrogen-bond acceptors (Lipinski definition) is 5. The third-order valence-corrected chi connectivity index (χ3v) is 4.92. The highest BCUT2D eigenvalue weighted by Crippen LogP contribution is 2.29. The summed E-state index contributed by atoms with van der Waals surface area (Å²) in [6, 6.07) is 16.6. The van der Waals surface area contributed by atoms with Crippen LogP contribution in [0.2, 0.25) is 0 Å². The maximum absolute atomic E-state index is 4.77. The molecule has 2 aromatic heterocycles. The van der Waals surface area contributed by atoms with Crippen LogP contribution >= 0.6 is 0 Å². The molecule has 2 heterocycles. The highest BCUT2D eigenvalue weighted by molar-refractivity contribution is 5.80. The summed E-state index contributed by atoms with van der Waals surface area (Å²) >= 11 is 0. The van der Waals surface area contributed by atoms with Crippen molar-refractivity contribution in [3.8, 4) is 22.5 Å². The van der Waals surface area contributed by atoms with Crippen molar-refractivity contribution in [2.75, 3.05) is 0 Å². The van der Waals surface area contributed by atoms with Crippen molar-refractivity contribution in [1.82, 2.24) is 35.4 Å². The maximum Gasteiger partial charge on any atom is 0.205 e. The molecule has 2 aromatic carbocycles. The van der Waals surface area contributed by atoms with Gasteiger partial charge in [-0.25, -0.2) is 9.67 Å². The van der Waals surface area contributed by atoms with Gasteiger partial charge >= 0.3 is 0 Å². The van der Waals surface area contributed by atoms with Crippen LogP contribution in [0.1, 0.15) is 37.5 Å². The molecule has 0 aliphatic heterocycles. The molecule has 7 nitrogen and oxygen atoms in total. The second kappa shape index (κ2) is 9.26. The van der Waals surface area contributed by atoms with Crippen LogP contribution in [-0.4, -0.2) is 35.4 Å². The average Bonchev–Trinajstić information content (AvgIpc) is 3.44. The van der Waals surface area contributed by atoms with E-state index < -0.39 is 0 Å². The first-order chi connectivity index (χ1) is 14.8. The van der Waals surface area contributed by atoms with E-state index in [4.69, 9.17) is 4.98 Å². The number of rotatable bonds is 8. The van der Waals surface area contributed by atoms with Crippen LogP contribution in [0.3, 0.4) is 0 Å². The fourth-order valence-corrected chi connectivity index (χ4v) is 3.43. The Hall–Kier alpha value is -3.61. The molecule has 7 heteroatoms. The Labute approximate surface area is 175 Å². The smallest absolute Gasteiger partial charge is 0.205 e. The predicted octanol–water partition coefficient (Wildman–Crippen LogP) is 4.24. The lowest BCUT2D eigenvalue weighted by Crippen LogP contribution is -2.05. The van der Waals surface area contributed by atoms with Gasteiger partial charge in [0, 0.05) is 18.4 Å². The van der Waals surface area contributed by atoms with E-state index in [1.807, 2.05) is 35.9 Å². The maximum atomic E-state index is 4.77. The molecule has 1 N–H and O–H groups in total. The first-order valence-electron chi connectivity index (χ1n) is 10.2. The summed E-state index contributed by atoms with van der Waals surface area (Å²) in [7, 11) is 0. The van der Waals surface area contributed by atoms with Crippen molar-refractivity contribution in [3.05, 3.63) is 77.9 Å². The average molecular weight is 400 g/mol. The molecule has 0 aliphatic carbocycles. The van der Waals surface area contributed by atoms with Gasteiger partial charge in [0.1, 0.15) is 5.82 Å². The summed E-state index contributed by atoms with van der Waals surface area (Å²) in [6.45, 7) is 4.92. The Kier molecular flexibility index (Phi) is 6.08. The van der Waals surface area contributed by atoms with Crippen molar-refractivity contribution in [2.45, 2.75) is 39.7 Å². The summed E-state index contributed by atoms with van der Waals surface area (Å²) in [5, 5.41) is 19.1. The van der Waals surface area contributed by atoms with Gasteiger partial charge in [-0.15, -0.1) is 10.2 Å². The molecule has 0 unspecified atom stereocenters. The van der Waals surface area contributed by atoms with Gasteiger partial charge in [-0.3, -0.25) is 0 Å². The molecule has 0 saturated heterocycles. The first kappa shape index (κ1) is 19.7. The molecule has 4 aromatic rings. The summed E-state index contributed by atoms with van der Waals surface area (Å²) in [5.74, 6) is 2.51. The molecule has 0 saturated carbocycles. The number of nitrogens with zero attached hydrogens (tertiary/aromatic N) is 6. The van der Waals surface area contributed by atoms with E-state index >= 15 is 0 Å². The van der Waals surface area contributed by atoms with E-state index in [0.717, 1.165) is 54.1 Å². The van der Waals surface area contributed by atoms with Gasteiger partial charge in [0.05, 0.1) is 6.54 Å². The van der Waals surface area contributed by atoms with Crippen LogP contribution in [-0.2, 0) is 19.4 Å². The second-order valence-corrected chi connectivity index (χ2v) is 7.10. The van der Waals surface area contributed by atoms with Gasteiger partial charge in [0.2, 0.25) is 5.82 Å². The fraction of sp³-hybridized carbons (Fsp3) is 0.261. The van der Waals surface area contributed by atoms with Gasteiger partial charge in [-0.05, 0) is 35.2 Å². The number of hydrogen-bond donors (Lipinski definition) is 1. The summed E-state index contributed by atoms with van der Waals surface area (Å²) in [4.78, 5) is 4.77. The number of benzene rings is 2. The first-order valence-corrected chi connectivity index (χ1v) is 10.2. The molecule has 0 fully saturated rings. The summed E-state index contributed by atoms with van der Waals surface area (Å²) in [6.07, 6.45) is 6.84.